The molecular formula is C58H103NO4. The predicted molar refractivity (Wildman–Crippen MR) is 268 cm³/mol. The quantitative estimate of drug-likeness (QED) is 0.0485. The average molecular weight is 878 g/mol. The standard InChI is InChI=1S/C58H103NO4/c1-7-9-10-11-12-13-14-15-16-17-18-19-20-21-22-26-40-61-47-52(46-59-38-24-23-25-39-59)63-44-42-60-41-43-62-51-34-36-57(6)50(45-51)30-31-53-55(57)35-37-58(8-2)54(32-33-56(53)58)49(5)29-27-28-48(3)4/h12-13,15-16,30,48-49,51-56H,7-11,14,17-29,31-47H2,1-6H3/b13-12-,16-15-. The maximum Gasteiger partial charge on any atom is 0.0936 e. The van der Waals surface area contributed by atoms with E-state index in [1.54, 1.807) is 5.57 Å². The smallest absolute Gasteiger partial charge is 0.0936 e. The van der Waals surface area contributed by atoms with Gasteiger partial charge in [0.1, 0.15) is 0 Å². The van der Waals surface area contributed by atoms with Crippen LogP contribution >= 0.6 is 0 Å². The Morgan fingerprint density at radius 1 is 0.714 bits per heavy atom. The molecule has 5 rings (SSSR count). The Labute approximate surface area is 391 Å². The van der Waals surface area contributed by atoms with Crippen molar-refractivity contribution in [1.82, 2.24) is 4.90 Å². The number of hydrogen-bond donors (Lipinski definition) is 0. The minimum absolute atomic E-state index is 0.119. The topological polar surface area (TPSA) is 40.2 Å². The van der Waals surface area contributed by atoms with Gasteiger partial charge in [-0.25, -0.2) is 0 Å². The number of nitrogens with zero attached hydrogens (tertiary/aromatic N) is 1. The second kappa shape index (κ2) is 29.7. The highest BCUT2D eigenvalue weighted by molar-refractivity contribution is 5.25. The maximum absolute atomic E-state index is 6.54. The normalized spacial score (nSPS) is 29.9. The van der Waals surface area contributed by atoms with Crippen LogP contribution in [0.25, 0.3) is 0 Å². The Hall–Kier alpha value is -0.980. The third kappa shape index (κ3) is 16.9. The Morgan fingerprint density at radius 3 is 2.22 bits per heavy atom. The summed E-state index contributed by atoms with van der Waals surface area (Å²) in [5.74, 6) is 5.41. The lowest BCUT2D eigenvalue weighted by atomic mass is 9.46. The molecule has 1 heterocycles. The van der Waals surface area contributed by atoms with E-state index in [4.69, 9.17) is 18.9 Å². The lowest BCUT2D eigenvalue weighted by molar-refractivity contribution is -0.0793. The van der Waals surface area contributed by atoms with Crippen molar-refractivity contribution in [2.75, 3.05) is 59.3 Å². The van der Waals surface area contributed by atoms with Crippen molar-refractivity contribution < 1.29 is 18.9 Å². The van der Waals surface area contributed by atoms with Crippen LogP contribution in [0.5, 0.6) is 0 Å². The van der Waals surface area contributed by atoms with Gasteiger partial charge >= 0.3 is 0 Å². The van der Waals surface area contributed by atoms with Crippen molar-refractivity contribution in [2.45, 2.75) is 227 Å². The van der Waals surface area contributed by atoms with Crippen LogP contribution in [0.1, 0.15) is 215 Å². The first-order chi connectivity index (χ1) is 30.8. The molecule has 3 saturated carbocycles. The molecule has 5 nitrogen and oxygen atoms in total. The van der Waals surface area contributed by atoms with Crippen molar-refractivity contribution in [2.24, 2.45) is 46.3 Å². The van der Waals surface area contributed by atoms with E-state index in [9.17, 15) is 0 Å². The van der Waals surface area contributed by atoms with Crippen molar-refractivity contribution in [3.05, 3.63) is 36.0 Å². The first-order valence-corrected chi connectivity index (χ1v) is 27.9. The van der Waals surface area contributed by atoms with Crippen LogP contribution < -0.4 is 0 Å². The van der Waals surface area contributed by atoms with Gasteiger partial charge in [-0.2, -0.15) is 0 Å². The number of hydrogen-bond acceptors (Lipinski definition) is 5. The molecule has 0 aromatic heterocycles. The minimum Gasteiger partial charge on any atom is -0.379 e. The molecule has 0 bridgehead atoms. The largest absolute Gasteiger partial charge is 0.379 e. The molecule has 63 heavy (non-hydrogen) atoms. The number of piperidine rings is 1. The highest BCUT2D eigenvalue weighted by Gasteiger charge is 2.60. The van der Waals surface area contributed by atoms with E-state index in [2.05, 4.69) is 76.8 Å². The van der Waals surface area contributed by atoms with Gasteiger partial charge in [-0.3, -0.25) is 0 Å². The number of ether oxygens (including phenoxy) is 4. The summed E-state index contributed by atoms with van der Waals surface area (Å²) < 4.78 is 25.3. The lowest BCUT2D eigenvalue weighted by Gasteiger charge is -2.59. The fourth-order valence-corrected chi connectivity index (χ4v) is 13.9. The monoisotopic (exact) mass is 878 g/mol. The molecule has 1 aliphatic heterocycles. The molecular weight excluding hydrogens is 775 g/mol. The summed E-state index contributed by atoms with van der Waals surface area (Å²) in [7, 11) is 0. The van der Waals surface area contributed by atoms with Crippen molar-refractivity contribution in [3.63, 3.8) is 0 Å². The maximum atomic E-state index is 6.54. The first-order valence-electron chi connectivity index (χ1n) is 27.9. The number of likely N-dealkylation sites (tertiary alicyclic amines) is 1. The molecule has 0 spiro atoms. The zero-order valence-corrected chi connectivity index (χ0v) is 42.5. The van der Waals surface area contributed by atoms with Crippen LogP contribution in [0.3, 0.4) is 0 Å². The Balaban J connectivity index is 0.923. The average Bonchev–Trinajstić information content (AvgIpc) is 3.69. The summed E-state index contributed by atoms with van der Waals surface area (Å²) >= 11 is 0. The molecule has 364 valence electrons. The fourth-order valence-electron chi connectivity index (χ4n) is 13.9. The van der Waals surface area contributed by atoms with Gasteiger partial charge in [0.2, 0.25) is 0 Å². The Bertz CT molecular complexity index is 1290. The van der Waals surface area contributed by atoms with Crippen LogP contribution in [-0.2, 0) is 18.9 Å². The van der Waals surface area contributed by atoms with Crippen LogP contribution in [0.4, 0.5) is 0 Å². The number of rotatable bonds is 33. The highest BCUT2D eigenvalue weighted by Crippen LogP contribution is 2.68. The van der Waals surface area contributed by atoms with Crippen LogP contribution in [0.15, 0.2) is 36.0 Å². The van der Waals surface area contributed by atoms with Gasteiger partial charge in [0.15, 0.2) is 0 Å². The molecule has 0 N–H and O–H groups in total. The van der Waals surface area contributed by atoms with Gasteiger partial charge in [-0.05, 0) is 169 Å². The van der Waals surface area contributed by atoms with E-state index in [0.717, 1.165) is 67.9 Å². The molecule has 4 aliphatic carbocycles. The minimum atomic E-state index is 0.119. The van der Waals surface area contributed by atoms with Gasteiger partial charge < -0.3 is 23.8 Å². The highest BCUT2D eigenvalue weighted by atomic mass is 16.6. The molecule has 0 aromatic carbocycles. The zero-order chi connectivity index (χ0) is 44.6. The molecule has 9 unspecified atom stereocenters. The van der Waals surface area contributed by atoms with Gasteiger partial charge in [-0.15, -0.1) is 0 Å². The third-order valence-electron chi connectivity index (χ3n) is 17.5. The van der Waals surface area contributed by atoms with Gasteiger partial charge in [-0.1, -0.05) is 142 Å². The fraction of sp³-hybridized carbons (Fsp3) is 0.897. The van der Waals surface area contributed by atoms with Gasteiger partial charge in [0.25, 0.3) is 0 Å². The second-order valence-electron chi connectivity index (χ2n) is 22.2. The SMILES string of the molecule is CCCCC/C=C\C/C=C\CCCCCCCCOCC(CN1CCCCC1)OCCOCCOC1CCC2(C)C(=CCC3C2CCC2(CC)C(C(C)CCCC(C)C)CCC32)C1. The Morgan fingerprint density at radius 2 is 1.46 bits per heavy atom. The summed E-state index contributed by atoms with van der Waals surface area (Å²) in [6.45, 7) is 22.4. The second-order valence-corrected chi connectivity index (χ2v) is 22.2. The summed E-state index contributed by atoms with van der Waals surface area (Å²) in [5, 5.41) is 0. The lowest BCUT2D eigenvalue weighted by Crippen LogP contribution is -2.51. The van der Waals surface area contributed by atoms with E-state index >= 15 is 0 Å². The molecule has 0 aromatic rings. The summed E-state index contributed by atoms with van der Waals surface area (Å²) in [6.07, 6.45) is 48.4. The van der Waals surface area contributed by atoms with Crippen LogP contribution in [0.2, 0.25) is 0 Å². The zero-order valence-electron chi connectivity index (χ0n) is 42.5. The third-order valence-corrected chi connectivity index (χ3v) is 17.5. The van der Waals surface area contributed by atoms with E-state index in [1.165, 1.54) is 167 Å². The summed E-state index contributed by atoms with van der Waals surface area (Å²) in [4.78, 5) is 2.58. The molecule has 9 atom stereocenters. The van der Waals surface area contributed by atoms with Crippen molar-refractivity contribution in [1.29, 1.82) is 0 Å². The molecule has 4 fully saturated rings. The van der Waals surface area contributed by atoms with Crippen LogP contribution in [0, 0.1) is 46.3 Å². The van der Waals surface area contributed by atoms with Crippen molar-refractivity contribution >= 4 is 0 Å². The number of allylic oxidation sites excluding steroid dienone is 5. The summed E-state index contributed by atoms with van der Waals surface area (Å²) in [5.41, 5.74) is 2.73. The predicted octanol–water partition coefficient (Wildman–Crippen LogP) is 15.5. The first kappa shape index (κ1) is 53.0. The van der Waals surface area contributed by atoms with E-state index < -0.39 is 0 Å². The van der Waals surface area contributed by atoms with E-state index in [-0.39, 0.29) is 6.10 Å². The molecule has 5 aliphatic rings. The van der Waals surface area contributed by atoms with Crippen molar-refractivity contribution in [3.8, 4) is 0 Å². The van der Waals surface area contributed by atoms with E-state index in [1.807, 2.05) is 0 Å². The number of fused-ring (bicyclic) bond motifs is 5. The molecule has 5 heteroatoms. The number of unbranched alkanes of at least 4 members (excludes halogenated alkanes) is 9. The summed E-state index contributed by atoms with van der Waals surface area (Å²) in [6, 6.07) is 0. The Kier molecular flexibility index (Phi) is 25.0. The van der Waals surface area contributed by atoms with E-state index in [0.29, 0.717) is 50.0 Å². The van der Waals surface area contributed by atoms with Gasteiger partial charge in [0, 0.05) is 13.2 Å². The van der Waals surface area contributed by atoms with Crippen LogP contribution in [-0.4, -0.2) is 76.4 Å². The van der Waals surface area contributed by atoms with Gasteiger partial charge in [0.05, 0.1) is 45.2 Å². The molecule has 1 saturated heterocycles. The molecule has 0 amide bonds. The molecule has 0 radical (unpaired) electrons.